The lowest BCUT2D eigenvalue weighted by Crippen LogP contribution is -2.31. The Kier molecular flexibility index (Phi) is 5.99. The van der Waals surface area contributed by atoms with Gasteiger partial charge in [0.2, 0.25) is 0 Å². The highest BCUT2D eigenvalue weighted by atomic mass is 32.1. The van der Waals surface area contributed by atoms with Gasteiger partial charge in [0.25, 0.3) is 5.91 Å². The molecule has 0 atom stereocenters. The quantitative estimate of drug-likeness (QED) is 0.407. The summed E-state index contributed by atoms with van der Waals surface area (Å²) in [4.78, 5) is 24.2. The molecule has 0 aliphatic rings. The Morgan fingerprint density at radius 1 is 1.26 bits per heavy atom. The summed E-state index contributed by atoms with van der Waals surface area (Å²) >= 11 is 1.46. The number of aromatic nitrogens is 4. The summed E-state index contributed by atoms with van der Waals surface area (Å²) < 4.78 is 8.44. The number of benzene rings is 1. The monoisotopic (exact) mass is 435 g/mol. The van der Waals surface area contributed by atoms with E-state index in [2.05, 4.69) is 10.1 Å². The second-order valence-electron chi connectivity index (χ2n) is 7.52. The van der Waals surface area contributed by atoms with Gasteiger partial charge in [-0.25, -0.2) is 4.98 Å². The Morgan fingerprint density at radius 2 is 2.10 bits per heavy atom. The van der Waals surface area contributed by atoms with Gasteiger partial charge in [0, 0.05) is 24.1 Å². The zero-order valence-electron chi connectivity index (χ0n) is 18.1. The fraction of sp³-hybridized carbons (Fsp3) is 0.304. The zero-order chi connectivity index (χ0) is 22.0. The molecule has 1 amide bonds. The van der Waals surface area contributed by atoms with E-state index in [-0.39, 0.29) is 11.9 Å². The number of hydrogen-bond donors (Lipinski definition) is 0. The van der Waals surface area contributed by atoms with Crippen LogP contribution in [0.1, 0.15) is 48.6 Å². The maximum Gasteiger partial charge on any atom is 0.280 e. The summed E-state index contributed by atoms with van der Waals surface area (Å²) in [5.41, 5.74) is 3.11. The number of anilines is 1. The number of carbonyl (C=O) groups excluding carboxylic acids is 1. The standard InChI is InChI=1S/C23H25N5O2S/c1-5-30-18-8-9-19-21(12-18)31-23(25-19)27(14-17-7-6-10-24-13-17)22(29)20-11-16(4)28(26-20)15(2)3/h6-13,15H,5,14H2,1-4H3. The summed E-state index contributed by atoms with van der Waals surface area (Å²) in [6, 6.07) is 11.6. The number of hydrogen-bond acceptors (Lipinski definition) is 6. The highest BCUT2D eigenvalue weighted by Crippen LogP contribution is 2.33. The normalized spacial score (nSPS) is 11.3. The van der Waals surface area contributed by atoms with E-state index in [0.717, 1.165) is 27.2 Å². The molecule has 4 rings (SSSR count). The van der Waals surface area contributed by atoms with Gasteiger partial charge in [-0.3, -0.25) is 19.4 Å². The van der Waals surface area contributed by atoms with Crippen LogP contribution in [0, 0.1) is 6.92 Å². The van der Waals surface area contributed by atoms with Crippen molar-refractivity contribution in [1.29, 1.82) is 0 Å². The number of fused-ring (bicyclic) bond motifs is 1. The van der Waals surface area contributed by atoms with Gasteiger partial charge in [0.05, 0.1) is 23.4 Å². The van der Waals surface area contributed by atoms with Crippen LogP contribution in [-0.2, 0) is 6.54 Å². The highest BCUT2D eigenvalue weighted by Gasteiger charge is 2.25. The second kappa shape index (κ2) is 8.85. The van der Waals surface area contributed by atoms with Gasteiger partial charge >= 0.3 is 0 Å². The van der Waals surface area contributed by atoms with Gasteiger partial charge in [-0.1, -0.05) is 17.4 Å². The van der Waals surface area contributed by atoms with E-state index >= 15 is 0 Å². The minimum atomic E-state index is -0.185. The fourth-order valence-corrected chi connectivity index (χ4v) is 4.41. The summed E-state index contributed by atoms with van der Waals surface area (Å²) in [5.74, 6) is 0.608. The van der Waals surface area contributed by atoms with E-state index in [9.17, 15) is 4.79 Å². The lowest BCUT2D eigenvalue weighted by atomic mass is 10.2. The van der Waals surface area contributed by atoms with Crippen LogP contribution >= 0.6 is 11.3 Å². The third-order valence-corrected chi connectivity index (χ3v) is 5.87. The number of carbonyl (C=O) groups is 1. The van der Waals surface area contributed by atoms with Gasteiger partial charge in [-0.05, 0) is 63.6 Å². The van der Waals surface area contributed by atoms with Crippen molar-refractivity contribution >= 4 is 32.6 Å². The summed E-state index contributed by atoms with van der Waals surface area (Å²) in [6.45, 7) is 8.96. The smallest absolute Gasteiger partial charge is 0.280 e. The predicted molar refractivity (Wildman–Crippen MR) is 123 cm³/mol. The molecule has 0 saturated carbocycles. The number of nitrogens with zero attached hydrogens (tertiary/aromatic N) is 5. The van der Waals surface area contributed by atoms with Crippen molar-refractivity contribution in [2.45, 2.75) is 40.3 Å². The topological polar surface area (TPSA) is 73.1 Å². The lowest BCUT2D eigenvalue weighted by Gasteiger charge is -2.18. The molecular formula is C23H25N5O2S. The van der Waals surface area contributed by atoms with Gasteiger partial charge in [0.15, 0.2) is 10.8 Å². The molecule has 0 aliphatic carbocycles. The maximum absolute atomic E-state index is 13.6. The zero-order valence-corrected chi connectivity index (χ0v) is 18.9. The minimum Gasteiger partial charge on any atom is -0.494 e. The third-order valence-electron chi connectivity index (χ3n) is 4.83. The number of rotatable bonds is 7. The summed E-state index contributed by atoms with van der Waals surface area (Å²) in [7, 11) is 0. The molecule has 1 aromatic carbocycles. The van der Waals surface area contributed by atoms with Crippen LogP contribution in [0.15, 0.2) is 48.8 Å². The van der Waals surface area contributed by atoms with Crippen LogP contribution in [0.25, 0.3) is 10.2 Å². The first-order valence-electron chi connectivity index (χ1n) is 10.3. The molecule has 160 valence electrons. The van der Waals surface area contributed by atoms with Crippen LogP contribution in [0.5, 0.6) is 5.75 Å². The molecule has 0 saturated heterocycles. The molecule has 31 heavy (non-hydrogen) atoms. The van der Waals surface area contributed by atoms with E-state index in [1.54, 1.807) is 17.3 Å². The second-order valence-corrected chi connectivity index (χ2v) is 8.53. The molecule has 0 N–H and O–H groups in total. The van der Waals surface area contributed by atoms with Crippen LogP contribution in [0.4, 0.5) is 5.13 Å². The van der Waals surface area contributed by atoms with Gasteiger partial charge in [-0.15, -0.1) is 0 Å². The van der Waals surface area contributed by atoms with E-state index in [0.29, 0.717) is 24.0 Å². The number of pyridine rings is 1. The maximum atomic E-state index is 13.6. The average molecular weight is 436 g/mol. The van der Waals surface area contributed by atoms with E-state index in [1.807, 2.05) is 68.8 Å². The van der Waals surface area contributed by atoms with Crippen molar-refractivity contribution in [3.63, 3.8) is 0 Å². The number of aryl methyl sites for hydroxylation is 1. The summed E-state index contributed by atoms with van der Waals surface area (Å²) in [5, 5.41) is 5.18. The van der Waals surface area contributed by atoms with Gasteiger partial charge in [-0.2, -0.15) is 5.10 Å². The first-order valence-corrected chi connectivity index (χ1v) is 11.1. The first kappa shape index (κ1) is 21.0. The molecule has 7 nitrogen and oxygen atoms in total. The third kappa shape index (κ3) is 4.44. The summed E-state index contributed by atoms with van der Waals surface area (Å²) in [6.07, 6.45) is 3.48. The largest absolute Gasteiger partial charge is 0.494 e. The predicted octanol–water partition coefficient (Wildman–Crippen LogP) is 5.02. The number of amides is 1. The number of thiazole rings is 1. The van der Waals surface area contributed by atoms with Gasteiger partial charge in [0.1, 0.15) is 5.75 Å². The van der Waals surface area contributed by atoms with Crippen LogP contribution < -0.4 is 9.64 Å². The minimum absolute atomic E-state index is 0.174. The Hall–Kier alpha value is -3.26. The lowest BCUT2D eigenvalue weighted by molar-refractivity contribution is 0.0979. The average Bonchev–Trinajstić information content (AvgIpc) is 3.35. The fourth-order valence-electron chi connectivity index (χ4n) is 3.42. The van der Waals surface area contributed by atoms with Crippen molar-refractivity contribution in [1.82, 2.24) is 19.7 Å². The molecule has 4 aromatic rings. The van der Waals surface area contributed by atoms with E-state index in [1.165, 1.54) is 11.3 Å². The van der Waals surface area contributed by atoms with Crippen LogP contribution in [0.2, 0.25) is 0 Å². The molecule has 3 aromatic heterocycles. The van der Waals surface area contributed by atoms with E-state index in [4.69, 9.17) is 9.72 Å². The molecule has 0 spiro atoms. The Bertz CT molecular complexity index is 1200. The highest BCUT2D eigenvalue weighted by molar-refractivity contribution is 7.22. The molecule has 0 aliphatic heterocycles. The van der Waals surface area contributed by atoms with Crippen LogP contribution in [-0.4, -0.2) is 32.3 Å². The Balaban J connectivity index is 1.74. The molecule has 8 heteroatoms. The van der Waals surface area contributed by atoms with Crippen LogP contribution in [0.3, 0.4) is 0 Å². The van der Waals surface area contributed by atoms with Crippen molar-refractivity contribution in [2.24, 2.45) is 0 Å². The van der Waals surface area contributed by atoms with Gasteiger partial charge < -0.3 is 4.74 Å². The SMILES string of the molecule is CCOc1ccc2nc(N(Cc3cccnc3)C(=O)c3cc(C)n(C(C)C)n3)sc2c1. The molecule has 0 radical (unpaired) electrons. The number of ether oxygens (including phenoxy) is 1. The van der Waals surface area contributed by atoms with Crippen molar-refractivity contribution in [3.05, 3.63) is 65.7 Å². The molecule has 0 bridgehead atoms. The first-order chi connectivity index (χ1) is 15.0. The molecular weight excluding hydrogens is 410 g/mol. The molecule has 0 unspecified atom stereocenters. The molecule has 0 fully saturated rings. The Morgan fingerprint density at radius 3 is 2.77 bits per heavy atom. The van der Waals surface area contributed by atoms with E-state index < -0.39 is 0 Å². The van der Waals surface area contributed by atoms with Crippen molar-refractivity contribution in [2.75, 3.05) is 11.5 Å². The van der Waals surface area contributed by atoms with Crippen molar-refractivity contribution < 1.29 is 9.53 Å². The molecule has 3 heterocycles. The van der Waals surface area contributed by atoms with Crippen molar-refractivity contribution in [3.8, 4) is 5.75 Å². The Labute approximate surface area is 185 Å².